The third-order valence-corrected chi connectivity index (χ3v) is 4.22. The standard InChI is InChI=1S/C15H30N2O/c1-4-5-6-7-8-9-13-14(15(16)18)11(2)10-12(3)17-13/h11-14,17H,4-10H2,1-3H3,(H2,16,18). The van der Waals surface area contributed by atoms with Crippen LogP contribution in [0, 0.1) is 11.8 Å². The van der Waals surface area contributed by atoms with E-state index in [4.69, 9.17) is 5.73 Å². The van der Waals surface area contributed by atoms with Crippen molar-refractivity contribution >= 4 is 5.91 Å². The molecule has 4 atom stereocenters. The fourth-order valence-corrected chi connectivity index (χ4v) is 3.35. The molecule has 0 bridgehead atoms. The minimum Gasteiger partial charge on any atom is -0.369 e. The van der Waals surface area contributed by atoms with Gasteiger partial charge in [0.25, 0.3) is 0 Å². The second-order valence-corrected chi connectivity index (χ2v) is 6.02. The molecule has 0 aromatic rings. The lowest BCUT2D eigenvalue weighted by molar-refractivity contribution is -0.125. The first-order valence-corrected chi connectivity index (χ1v) is 7.61. The van der Waals surface area contributed by atoms with Gasteiger partial charge in [-0.2, -0.15) is 0 Å². The van der Waals surface area contributed by atoms with Crippen molar-refractivity contribution in [3.8, 4) is 0 Å². The molecule has 18 heavy (non-hydrogen) atoms. The van der Waals surface area contributed by atoms with Crippen molar-refractivity contribution in [2.75, 3.05) is 0 Å². The van der Waals surface area contributed by atoms with Gasteiger partial charge in [-0.05, 0) is 25.7 Å². The minimum absolute atomic E-state index is 0.0207. The minimum atomic E-state index is -0.125. The SMILES string of the molecule is CCCCCCCC1NC(C)CC(C)C1C(N)=O. The largest absolute Gasteiger partial charge is 0.369 e. The molecule has 0 radical (unpaired) electrons. The Kier molecular flexibility index (Phi) is 6.69. The van der Waals surface area contributed by atoms with Crippen LogP contribution in [-0.4, -0.2) is 18.0 Å². The number of primary amides is 1. The monoisotopic (exact) mass is 254 g/mol. The van der Waals surface area contributed by atoms with Crippen LogP contribution in [0.3, 0.4) is 0 Å². The molecule has 1 aliphatic rings. The predicted molar refractivity (Wildman–Crippen MR) is 76.2 cm³/mol. The van der Waals surface area contributed by atoms with E-state index in [0.717, 1.165) is 12.8 Å². The van der Waals surface area contributed by atoms with Gasteiger partial charge in [-0.3, -0.25) is 4.79 Å². The molecule has 0 aromatic heterocycles. The number of piperidine rings is 1. The average molecular weight is 254 g/mol. The Morgan fingerprint density at radius 1 is 1.22 bits per heavy atom. The van der Waals surface area contributed by atoms with E-state index in [2.05, 4.69) is 26.1 Å². The quantitative estimate of drug-likeness (QED) is 0.686. The van der Waals surface area contributed by atoms with Crippen molar-refractivity contribution in [3.63, 3.8) is 0 Å². The van der Waals surface area contributed by atoms with Gasteiger partial charge >= 0.3 is 0 Å². The van der Waals surface area contributed by atoms with Gasteiger partial charge < -0.3 is 11.1 Å². The molecule has 1 rings (SSSR count). The normalized spacial score (nSPS) is 32.4. The van der Waals surface area contributed by atoms with Gasteiger partial charge in [0.2, 0.25) is 5.91 Å². The van der Waals surface area contributed by atoms with Crippen molar-refractivity contribution in [1.29, 1.82) is 0 Å². The van der Waals surface area contributed by atoms with E-state index in [0.29, 0.717) is 18.0 Å². The maximum absolute atomic E-state index is 11.6. The fraction of sp³-hybridized carbons (Fsp3) is 0.933. The number of nitrogens with two attached hydrogens (primary N) is 1. The fourth-order valence-electron chi connectivity index (χ4n) is 3.35. The maximum Gasteiger partial charge on any atom is 0.222 e. The maximum atomic E-state index is 11.6. The molecule has 106 valence electrons. The molecule has 1 amide bonds. The van der Waals surface area contributed by atoms with E-state index in [1.165, 1.54) is 32.1 Å². The highest BCUT2D eigenvalue weighted by atomic mass is 16.1. The lowest BCUT2D eigenvalue weighted by Gasteiger charge is -2.39. The smallest absolute Gasteiger partial charge is 0.222 e. The van der Waals surface area contributed by atoms with E-state index in [-0.39, 0.29) is 11.8 Å². The Bertz CT molecular complexity index is 255. The number of hydrogen-bond donors (Lipinski definition) is 2. The van der Waals surface area contributed by atoms with Crippen molar-refractivity contribution in [2.45, 2.75) is 77.8 Å². The van der Waals surface area contributed by atoms with Crippen LogP contribution < -0.4 is 11.1 Å². The molecule has 4 unspecified atom stereocenters. The lowest BCUT2D eigenvalue weighted by Crippen LogP contribution is -2.54. The van der Waals surface area contributed by atoms with Crippen LogP contribution in [0.1, 0.15) is 65.7 Å². The van der Waals surface area contributed by atoms with Crippen LogP contribution in [-0.2, 0) is 4.79 Å². The second kappa shape index (κ2) is 7.78. The predicted octanol–water partition coefficient (Wildman–Crippen LogP) is 2.83. The van der Waals surface area contributed by atoms with Gasteiger partial charge in [-0.15, -0.1) is 0 Å². The average Bonchev–Trinajstić information content (AvgIpc) is 2.27. The van der Waals surface area contributed by atoms with Gasteiger partial charge in [0, 0.05) is 12.1 Å². The summed E-state index contributed by atoms with van der Waals surface area (Å²) in [5, 5.41) is 3.57. The molecular formula is C15H30N2O. The summed E-state index contributed by atoms with van der Waals surface area (Å²) in [5.74, 6) is 0.312. The number of carbonyl (C=O) groups excluding carboxylic acids is 1. The van der Waals surface area contributed by atoms with Crippen molar-refractivity contribution < 1.29 is 4.79 Å². The van der Waals surface area contributed by atoms with Crippen LogP contribution >= 0.6 is 0 Å². The summed E-state index contributed by atoms with van der Waals surface area (Å²) in [7, 11) is 0. The number of nitrogens with one attached hydrogen (secondary N) is 1. The Labute approximate surface area is 112 Å². The number of amides is 1. The molecule has 0 aliphatic carbocycles. The zero-order valence-electron chi connectivity index (χ0n) is 12.2. The molecule has 0 aromatic carbocycles. The van der Waals surface area contributed by atoms with Gasteiger partial charge in [-0.1, -0.05) is 46.0 Å². The molecule has 3 nitrogen and oxygen atoms in total. The lowest BCUT2D eigenvalue weighted by atomic mass is 9.77. The Hall–Kier alpha value is -0.570. The van der Waals surface area contributed by atoms with E-state index >= 15 is 0 Å². The molecule has 1 heterocycles. The molecule has 1 saturated heterocycles. The van der Waals surface area contributed by atoms with E-state index in [9.17, 15) is 4.79 Å². The summed E-state index contributed by atoms with van der Waals surface area (Å²) >= 11 is 0. The number of rotatable bonds is 7. The van der Waals surface area contributed by atoms with Crippen molar-refractivity contribution in [2.24, 2.45) is 17.6 Å². The van der Waals surface area contributed by atoms with Gasteiger partial charge in [-0.25, -0.2) is 0 Å². The van der Waals surface area contributed by atoms with Gasteiger partial charge in [0.15, 0.2) is 0 Å². The Morgan fingerprint density at radius 2 is 1.89 bits per heavy atom. The third kappa shape index (κ3) is 4.60. The van der Waals surface area contributed by atoms with Gasteiger partial charge in [0.05, 0.1) is 5.92 Å². The topological polar surface area (TPSA) is 55.1 Å². The van der Waals surface area contributed by atoms with Gasteiger partial charge in [0.1, 0.15) is 0 Å². The van der Waals surface area contributed by atoms with Crippen LogP contribution in [0.2, 0.25) is 0 Å². The molecule has 3 heteroatoms. The first-order valence-electron chi connectivity index (χ1n) is 7.61. The zero-order chi connectivity index (χ0) is 13.5. The van der Waals surface area contributed by atoms with E-state index < -0.39 is 0 Å². The van der Waals surface area contributed by atoms with Crippen LogP contribution in [0.4, 0.5) is 0 Å². The summed E-state index contributed by atoms with van der Waals surface area (Å²) in [5.41, 5.74) is 5.57. The molecular weight excluding hydrogens is 224 g/mol. The van der Waals surface area contributed by atoms with E-state index in [1.807, 2.05) is 0 Å². The van der Waals surface area contributed by atoms with Crippen LogP contribution in [0.5, 0.6) is 0 Å². The number of carbonyl (C=O) groups is 1. The van der Waals surface area contributed by atoms with Crippen LogP contribution in [0.15, 0.2) is 0 Å². The summed E-state index contributed by atoms with van der Waals surface area (Å²) in [6, 6.07) is 0.805. The summed E-state index contributed by atoms with van der Waals surface area (Å²) in [4.78, 5) is 11.6. The summed E-state index contributed by atoms with van der Waals surface area (Å²) < 4.78 is 0. The Balaban J connectivity index is 2.41. The Morgan fingerprint density at radius 3 is 2.50 bits per heavy atom. The first kappa shape index (κ1) is 15.5. The molecule has 0 saturated carbocycles. The highest BCUT2D eigenvalue weighted by Crippen LogP contribution is 2.28. The highest BCUT2D eigenvalue weighted by Gasteiger charge is 2.36. The first-order chi connectivity index (χ1) is 8.56. The second-order valence-electron chi connectivity index (χ2n) is 6.02. The summed E-state index contributed by atoms with van der Waals surface area (Å²) in [6.45, 7) is 6.60. The third-order valence-electron chi connectivity index (χ3n) is 4.22. The van der Waals surface area contributed by atoms with Crippen molar-refractivity contribution in [3.05, 3.63) is 0 Å². The summed E-state index contributed by atoms with van der Waals surface area (Å²) in [6.07, 6.45) is 8.55. The molecule has 0 spiro atoms. The zero-order valence-corrected chi connectivity index (χ0v) is 12.2. The molecule has 1 fully saturated rings. The number of unbranched alkanes of at least 4 members (excludes halogenated alkanes) is 4. The van der Waals surface area contributed by atoms with Crippen molar-refractivity contribution in [1.82, 2.24) is 5.32 Å². The molecule has 3 N–H and O–H groups in total. The van der Waals surface area contributed by atoms with Crippen LogP contribution in [0.25, 0.3) is 0 Å². The number of hydrogen-bond acceptors (Lipinski definition) is 2. The molecule has 1 aliphatic heterocycles. The van der Waals surface area contributed by atoms with E-state index in [1.54, 1.807) is 0 Å². The highest BCUT2D eigenvalue weighted by molar-refractivity contribution is 5.77.